The molecule has 4 nitrogen and oxygen atoms in total. The predicted octanol–water partition coefficient (Wildman–Crippen LogP) is 2.51. The number of nitrogens with one attached hydrogen (secondary N) is 1. The first-order valence-electron chi connectivity index (χ1n) is 6.59. The summed E-state index contributed by atoms with van der Waals surface area (Å²) in [7, 11) is 0. The van der Waals surface area contributed by atoms with Gasteiger partial charge in [0, 0.05) is 18.4 Å². The summed E-state index contributed by atoms with van der Waals surface area (Å²) in [5.41, 5.74) is 0.368. The molecule has 4 heteroatoms. The maximum Gasteiger partial charge on any atom is 0.228 e. The van der Waals surface area contributed by atoms with Crippen molar-refractivity contribution in [2.45, 2.75) is 58.9 Å². The molecule has 0 bridgehead atoms. The molecule has 0 spiro atoms. The first-order chi connectivity index (χ1) is 8.03. The van der Waals surface area contributed by atoms with Crippen LogP contribution in [-0.2, 0) is 6.42 Å². The molecule has 17 heavy (non-hydrogen) atoms. The first kappa shape index (κ1) is 12.6. The molecular formula is C13H23N3O. The van der Waals surface area contributed by atoms with Crippen molar-refractivity contribution in [3.8, 4) is 0 Å². The summed E-state index contributed by atoms with van der Waals surface area (Å²) < 4.78 is 5.31. The van der Waals surface area contributed by atoms with Crippen molar-refractivity contribution in [3.63, 3.8) is 0 Å². The van der Waals surface area contributed by atoms with Gasteiger partial charge in [0.2, 0.25) is 5.89 Å². The van der Waals surface area contributed by atoms with Crippen LogP contribution in [0.4, 0.5) is 0 Å². The minimum Gasteiger partial charge on any atom is -0.339 e. The van der Waals surface area contributed by atoms with Gasteiger partial charge >= 0.3 is 0 Å². The molecule has 0 amide bonds. The zero-order valence-corrected chi connectivity index (χ0v) is 11.3. The second-order valence-electron chi connectivity index (χ2n) is 5.85. The van der Waals surface area contributed by atoms with Crippen LogP contribution in [0.2, 0.25) is 0 Å². The molecule has 2 atom stereocenters. The van der Waals surface area contributed by atoms with Gasteiger partial charge in [-0.1, -0.05) is 25.9 Å². The van der Waals surface area contributed by atoms with E-state index in [-0.39, 0.29) is 0 Å². The Morgan fingerprint density at radius 2 is 2.24 bits per heavy atom. The van der Waals surface area contributed by atoms with E-state index in [0.717, 1.165) is 31.1 Å². The average Bonchev–Trinajstić information content (AvgIpc) is 2.72. The van der Waals surface area contributed by atoms with Crippen molar-refractivity contribution in [3.05, 3.63) is 11.7 Å². The summed E-state index contributed by atoms with van der Waals surface area (Å²) in [5.74, 6) is 2.16. The van der Waals surface area contributed by atoms with Crippen LogP contribution < -0.4 is 5.32 Å². The minimum absolute atomic E-state index is 0.368. The molecule has 2 rings (SSSR count). The first-order valence-corrected chi connectivity index (χ1v) is 6.59. The summed E-state index contributed by atoms with van der Waals surface area (Å²) in [6, 6.07) is 0.399. The molecule has 0 aliphatic heterocycles. The zero-order valence-electron chi connectivity index (χ0n) is 11.3. The molecule has 1 fully saturated rings. The summed E-state index contributed by atoms with van der Waals surface area (Å²) in [6.07, 6.45) is 3.14. The normalized spacial score (nSPS) is 23.6. The number of hydrogen-bond acceptors (Lipinski definition) is 4. The van der Waals surface area contributed by atoms with Crippen LogP contribution in [0, 0.1) is 5.41 Å². The Morgan fingerprint density at radius 3 is 2.82 bits per heavy atom. The highest BCUT2D eigenvalue weighted by Gasteiger charge is 2.49. The maximum absolute atomic E-state index is 5.31. The monoisotopic (exact) mass is 237 g/mol. The Bertz CT molecular complexity index is 372. The summed E-state index contributed by atoms with van der Waals surface area (Å²) in [6.45, 7) is 9.86. The van der Waals surface area contributed by atoms with Gasteiger partial charge in [0.25, 0.3) is 0 Å². The van der Waals surface area contributed by atoms with Crippen molar-refractivity contribution >= 4 is 0 Å². The van der Waals surface area contributed by atoms with Crippen molar-refractivity contribution in [2.75, 3.05) is 6.54 Å². The lowest BCUT2D eigenvalue weighted by Gasteiger charge is -2.09. The molecule has 1 heterocycles. The summed E-state index contributed by atoms with van der Waals surface area (Å²) in [4.78, 5) is 4.50. The highest BCUT2D eigenvalue weighted by Crippen LogP contribution is 2.57. The molecule has 1 saturated carbocycles. The van der Waals surface area contributed by atoms with E-state index in [1.54, 1.807) is 0 Å². The fourth-order valence-corrected chi connectivity index (χ4v) is 2.13. The fourth-order valence-electron chi connectivity index (χ4n) is 2.13. The molecule has 0 aromatic carbocycles. The van der Waals surface area contributed by atoms with E-state index < -0.39 is 0 Å². The second-order valence-corrected chi connectivity index (χ2v) is 5.85. The van der Waals surface area contributed by atoms with Crippen molar-refractivity contribution in [1.29, 1.82) is 0 Å². The lowest BCUT2D eigenvalue weighted by Crippen LogP contribution is -2.28. The van der Waals surface area contributed by atoms with Crippen LogP contribution in [0.1, 0.15) is 58.2 Å². The average molecular weight is 237 g/mol. The number of aromatic nitrogens is 2. The SMILES string of the molecule is CCCNC(C)Cc1nc(C2CC2(C)C)no1. The summed E-state index contributed by atoms with van der Waals surface area (Å²) in [5, 5.41) is 7.52. The predicted molar refractivity (Wildman–Crippen MR) is 66.9 cm³/mol. The Hall–Kier alpha value is -0.900. The molecule has 2 unspecified atom stereocenters. The van der Waals surface area contributed by atoms with Crippen LogP contribution in [0.3, 0.4) is 0 Å². The molecule has 0 saturated heterocycles. The Kier molecular flexibility index (Phi) is 3.52. The number of hydrogen-bond donors (Lipinski definition) is 1. The van der Waals surface area contributed by atoms with Gasteiger partial charge in [-0.2, -0.15) is 4.98 Å². The van der Waals surface area contributed by atoms with E-state index in [2.05, 4.69) is 43.2 Å². The lowest BCUT2D eigenvalue weighted by molar-refractivity contribution is 0.356. The van der Waals surface area contributed by atoms with Crippen molar-refractivity contribution < 1.29 is 4.52 Å². The largest absolute Gasteiger partial charge is 0.339 e. The smallest absolute Gasteiger partial charge is 0.228 e. The standard InChI is InChI=1S/C13H23N3O/c1-5-6-14-9(2)7-11-15-12(16-17-11)10-8-13(10,3)4/h9-10,14H,5-8H2,1-4H3. The van der Waals surface area contributed by atoms with Gasteiger partial charge in [-0.25, -0.2) is 0 Å². The summed E-state index contributed by atoms with van der Waals surface area (Å²) >= 11 is 0. The number of nitrogens with zero attached hydrogens (tertiary/aromatic N) is 2. The zero-order chi connectivity index (χ0) is 12.5. The van der Waals surface area contributed by atoms with Crippen LogP contribution in [-0.4, -0.2) is 22.7 Å². The molecule has 1 N–H and O–H groups in total. The van der Waals surface area contributed by atoms with Gasteiger partial charge in [-0.15, -0.1) is 0 Å². The topological polar surface area (TPSA) is 51.0 Å². The molecule has 96 valence electrons. The van der Waals surface area contributed by atoms with Crippen LogP contribution in [0.5, 0.6) is 0 Å². The molecular weight excluding hydrogens is 214 g/mol. The third-order valence-electron chi connectivity index (χ3n) is 3.53. The maximum atomic E-state index is 5.31. The Labute approximate surface area is 103 Å². The van der Waals surface area contributed by atoms with Crippen molar-refractivity contribution in [1.82, 2.24) is 15.5 Å². The molecule has 1 aliphatic carbocycles. The van der Waals surface area contributed by atoms with Crippen LogP contribution >= 0.6 is 0 Å². The van der Waals surface area contributed by atoms with Gasteiger partial charge in [0.1, 0.15) is 0 Å². The van der Waals surface area contributed by atoms with Gasteiger partial charge in [-0.3, -0.25) is 0 Å². The third kappa shape index (κ3) is 3.06. The van der Waals surface area contributed by atoms with E-state index in [0.29, 0.717) is 17.4 Å². The van der Waals surface area contributed by atoms with Gasteiger partial charge in [0.15, 0.2) is 5.82 Å². The molecule has 1 aliphatic rings. The van der Waals surface area contributed by atoms with E-state index in [9.17, 15) is 0 Å². The van der Waals surface area contributed by atoms with E-state index in [1.807, 2.05) is 0 Å². The Balaban J connectivity index is 1.86. The van der Waals surface area contributed by atoms with E-state index in [1.165, 1.54) is 6.42 Å². The quantitative estimate of drug-likeness (QED) is 0.826. The van der Waals surface area contributed by atoms with E-state index >= 15 is 0 Å². The fraction of sp³-hybridized carbons (Fsp3) is 0.846. The van der Waals surface area contributed by atoms with Gasteiger partial charge < -0.3 is 9.84 Å². The Morgan fingerprint density at radius 1 is 1.53 bits per heavy atom. The third-order valence-corrected chi connectivity index (χ3v) is 3.53. The van der Waals surface area contributed by atoms with Gasteiger partial charge in [-0.05, 0) is 31.7 Å². The highest BCUT2D eigenvalue weighted by molar-refractivity contribution is 5.14. The minimum atomic E-state index is 0.368. The second kappa shape index (κ2) is 4.77. The van der Waals surface area contributed by atoms with Gasteiger partial charge in [0.05, 0.1) is 0 Å². The molecule has 1 aromatic rings. The lowest BCUT2D eigenvalue weighted by atomic mass is 10.1. The van der Waals surface area contributed by atoms with E-state index in [4.69, 9.17) is 4.52 Å². The molecule has 1 aromatic heterocycles. The molecule has 0 radical (unpaired) electrons. The van der Waals surface area contributed by atoms with Crippen LogP contribution in [0.25, 0.3) is 0 Å². The van der Waals surface area contributed by atoms with Crippen LogP contribution in [0.15, 0.2) is 4.52 Å². The van der Waals surface area contributed by atoms with Crippen molar-refractivity contribution in [2.24, 2.45) is 5.41 Å². The number of rotatable bonds is 6. The highest BCUT2D eigenvalue weighted by atomic mass is 16.5.